The van der Waals surface area contributed by atoms with Crippen molar-refractivity contribution in [3.05, 3.63) is 40.3 Å². The van der Waals surface area contributed by atoms with Crippen molar-refractivity contribution in [1.29, 1.82) is 0 Å². The number of hydrogen-bond acceptors (Lipinski definition) is 5. The second-order valence-electron chi connectivity index (χ2n) is 4.56. The van der Waals surface area contributed by atoms with Gasteiger partial charge in [-0.1, -0.05) is 6.92 Å². The summed E-state index contributed by atoms with van der Waals surface area (Å²) < 4.78 is 11.1. The van der Waals surface area contributed by atoms with Gasteiger partial charge in [-0.25, -0.2) is 4.98 Å². The molecule has 4 nitrogen and oxygen atoms in total. The van der Waals surface area contributed by atoms with Crippen LogP contribution in [-0.4, -0.2) is 18.1 Å². The maximum atomic E-state index is 6.05. The molecule has 0 aliphatic rings. The average Bonchev–Trinajstić information content (AvgIpc) is 2.99. The van der Waals surface area contributed by atoms with Crippen LogP contribution >= 0.6 is 11.3 Å². The molecule has 2 N–H and O–H groups in total. The quantitative estimate of drug-likeness (QED) is 0.852. The molecule has 0 saturated heterocycles. The molecule has 0 saturated carbocycles. The molecule has 0 aliphatic carbocycles. The second-order valence-corrected chi connectivity index (χ2v) is 5.54. The Kier molecular flexibility index (Phi) is 5.38. The van der Waals surface area contributed by atoms with Gasteiger partial charge in [-0.05, 0) is 36.6 Å². The van der Waals surface area contributed by atoms with Crippen molar-refractivity contribution in [3.63, 3.8) is 0 Å². The molecule has 2 aromatic rings. The summed E-state index contributed by atoms with van der Waals surface area (Å²) in [5.74, 6) is 1.68. The van der Waals surface area contributed by atoms with Gasteiger partial charge in [-0.3, -0.25) is 0 Å². The molecule has 1 atom stereocenters. The molecule has 1 unspecified atom stereocenters. The first kappa shape index (κ1) is 14.8. The fraction of sp³-hybridized carbons (Fsp3) is 0.400. The number of nitrogens with two attached hydrogens (primary N) is 1. The van der Waals surface area contributed by atoms with Crippen LogP contribution in [0, 0.1) is 0 Å². The maximum Gasteiger partial charge on any atom is 0.140 e. The largest absolute Gasteiger partial charge is 0.497 e. The minimum Gasteiger partial charge on any atom is -0.497 e. The smallest absolute Gasteiger partial charge is 0.140 e. The summed E-state index contributed by atoms with van der Waals surface area (Å²) in [6.07, 6.45) is 3.50. The Morgan fingerprint density at radius 3 is 2.90 bits per heavy atom. The van der Waals surface area contributed by atoms with E-state index in [1.165, 1.54) is 0 Å². The number of thiazole rings is 1. The van der Waals surface area contributed by atoms with E-state index < -0.39 is 0 Å². The van der Waals surface area contributed by atoms with E-state index in [-0.39, 0.29) is 6.04 Å². The van der Waals surface area contributed by atoms with Gasteiger partial charge < -0.3 is 15.2 Å². The Morgan fingerprint density at radius 2 is 2.25 bits per heavy atom. The van der Waals surface area contributed by atoms with Gasteiger partial charge >= 0.3 is 0 Å². The summed E-state index contributed by atoms with van der Waals surface area (Å²) in [6, 6.07) is 5.96. The fourth-order valence-electron chi connectivity index (χ4n) is 1.87. The minimum atomic E-state index is 0.129. The highest BCUT2D eigenvalue weighted by Gasteiger charge is 2.10. The van der Waals surface area contributed by atoms with E-state index in [1.807, 2.05) is 23.6 Å². The van der Waals surface area contributed by atoms with Crippen LogP contribution in [-0.2, 0) is 13.0 Å². The molecule has 0 spiro atoms. The van der Waals surface area contributed by atoms with E-state index >= 15 is 0 Å². The Morgan fingerprint density at radius 1 is 1.40 bits per heavy atom. The molecule has 0 amide bonds. The molecule has 0 aliphatic heterocycles. The van der Waals surface area contributed by atoms with Crippen LogP contribution in [0.25, 0.3) is 0 Å². The lowest BCUT2D eigenvalue weighted by atomic mass is 10.0. The predicted octanol–water partition coefficient (Wildman–Crippen LogP) is 3.01. The highest BCUT2D eigenvalue weighted by molar-refractivity contribution is 7.09. The van der Waals surface area contributed by atoms with Gasteiger partial charge in [0.25, 0.3) is 0 Å². The lowest BCUT2D eigenvalue weighted by Gasteiger charge is -2.15. The van der Waals surface area contributed by atoms with E-state index in [2.05, 4.69) is 11.9 Å². The Bertz CT molecular complexity index is 529. The van der Waals surface area contributed by atoms with Crippen molar-refractivity contribution in [3.8, 4) is 11.5 Å². The van der Waals surface area contributed by atoms with E-state index in [1.54, 1.807) is 24.6 Å². The van der Waals surface area contributed by atoms with Crippen LogP contribution in [0.5, 0.6) is 11.5 Å². The SMILES string of the molecule is CCC(N)Cc1cc(OC)ccc1OCc1nccs1. The first-order valence-electron chi connectivity index (χ1n) is 6.66. The molecule has 0 radical (unpaired) electrons. The first-order valence-corrected chi connectivity index (χ1v) is 7.54. The van der Waals surface area contributed by atoms with E-state index in [0.29, 0.717) is 6.61 Å². The van der Waals surface area contributed by atoms with Gasteiger partial charge in [0.1, 0.15) is 23.1 Å². The molecule has 1 aromatic carbocycles. The molecule has 20 heavy (non-hydrogen) atoms. The minimum absolute atomic E-state index is 0.129. The van der Waals surface area contributed by atoms with Crippen molar-refractivity contribution in [2.24, 2.45) is 5.73 Å². The molecule has 1 heterocycles. The molecular formula is C15H20N2O2S. The zero-order valence-corrected chi connectivity index (χ0v) is 12.7. The molecule has 0 bridgehead atoms. The van der Waals surface area contributed by atoms with Crippen molar-refractivity contribution in [1.82, 2.24) is 4.98 Å². The third kappa shape index (κ3) is 3.95. The molecule has 0 fully saturated rings. The predicted molar refractivity (Wildman–Crippen MR) is 81.4 cm³/mol. The Hall–Kier alpha value is -1.59. The molecular weight excluding hydrogens is 272 g/mol. The highest BCUT2D eigenvalue weighted by atomic mass is 32.1. The van der Waals surface area contributed by atoms with Crippen molar-refractivity contribution < 1.29 is 9.47 Å². The first-order chi connectivity index (χ1) is 9.72. The number of aromatic nitrogens is 1. The van der Waals surface area contributed by atoms with Crippen molar-refractivity contribution >= 4 is 11.3 Å². The zero-order valence-electron chi connectivity index (χ0n) is 11.8. The van der Waals surface area contributed by atoms with Gasteiger partial charge in [0.2, 0.25) is 0 Å². The molecule has 2 rings (SSSR count). The molecule has 5 heteroatoms. The fourth-order valence-corrected chi connectivity index (χ4v) is 2.40. The van der Waals surface area contributed by atoms with Crippen LogP contribution in [0.3, 0.4) is 0 Å². The number of hydrogen-bond donors (Lipinski definition) is 1. The summed E-state index contributed by atoms with van der Waals surface area (Å²) in [5.41, 5.74) is 7.13. The standard InChI is InChI=1S/C15H20N2O2S/c1-3-12(16)8-11-9-13(18-2)4-5-14(11)19-10-15-17-6-7-20-15/h4-7,9,12H,3,8,10,16H2,1-2H3. The summed E-state index contributed by atoms with van der Waals surface area (Å²) in [7, 11) is 1.66. The summed E-state index contributed by atoms with van der Waals surface area (Å²) in [5, 5.41) is 2.91. The Balaban J connectivity index is 2.12. The van der Waals surface area contributed by atoms with Crippen LogP contribution in [0.4, 0.5) is 0 Å². The van der Waals surface area contributed by atoms with Crippen LogP contribution in [0.15, 0.2) is 29.8 Å². The van der Waals surface area contributed by atoms with E-state index in [0.717, 1.165) is 34.9 Å². The summed E-state index contributed by atoms with van der Waals surface area (Å²) >= 11 is 1.59. The number of nitrogens with zero attached hydrogens (tertiary/aromatic N) is 1. The van der Waals surface area contributed by atoms with Gasteiger partial charge in [0.05, 0.1) is 7.11 Å². The van der Waals surface area contributed by atoms with Gasteiger partial charge in [0.15, 0.2) is 0 Å². The lowest BCUT2D eigenvalue weighted by Crippen LogP contribution is -2.21. The lowest BCUT2D eigenvalue weighted by molar-refractivity contribution is 0.300. The summed E-state index contributed by atoms with van der Waals surface area (Å²) in [4.78, 5) is 4.22. The van der Waals surface area contributed by atoms with E-state index in [9.17, 15) is 0 Å². The number of ether oxygens (including phenoxy) is 2. The van der Waals surface area contributed by atoms with Gasteiger partial charge in [-0.2, -0.15) is 0 Å². The summed E-state index contributed by atoms with van der Waals surface area (Å²) in [6.45, 7) is 2.57. The maximum absolute atomic E-state index is 6.05. The van der Waals surface area contributed by atoms with Crippen molar-refractivity contribution in [2.45, 2.75) is 32.4 Å². The number of methoxy groups -OCH3 is 1. The zero-order chi connectivity index (χ0) is 14.4. The highest BCUT2D eigenvalue weighted by Crippen LogP contribution is 2.26. The topological polar surface area (TPSA) is 57.4 Å². The van der Waals surface area contributed by atoms with Crippen LogP contribution < -0.4 is 15.2 Å². The third-order valence-corrected chi connectivity index (χ3v) is 3.86. The normalized spacial score (nSPS) is 12.2. The number of rotatable bonds is 7. The van der Waals surface area contributed by atoms with Gasteiger partial charge in [-0.15, -0.1) is 11.3 Å². The molecule has 1 aromatic heterocycles. The molecule has 108 valence electrons. The van der Waals surface area contributed by atoms with Crippen molar-refractivity contribution in [2.75, 3.05) is 7.11 Å². The monoisotopic (exact) mass is 292 g/mol. The van der Waals surface area contributed by atoms with Crippen LogP contribution in [0.1, 0.15) is 23.9 Å². The van der Waals surface area contributed by atoms with Gasteiger partial charge in [0, 0.05) is 17.6 Å². The van der Waals surface area contributed by atoms with Crippen LogP contribution in [0.2, 0.25) is 0 Å². The third-order valence-electron chi connectivity index (χ3n) is 3.11. The van der Waals surface area contributed by atoms with E-state index in [4.69, 9.17) is 15.2 Å². The second kappa shape index (κ2) is 7.26. The number of benzene rings is 1. The Labute approximate surface area is 123 Å². The average molecular weight is 292 g/mol.